The molecule has 1 saturated heterocycles. The predicted molar refractivity (Wildman–Crippen MR) is 238 cm³/mol. The first-order valence-corrected chi connectivity index (χ1v) is 21.8. The van der Waals surface area contributed by atoms with Crippen molar-refractivity contribution in [2.24, 2.45) is 0 Å². The molecule has 5 aliphatic heterocycles. The monoisotopic (exact) mass is 977 g/mol. The molecule has 0 aromatic heterocycles. The molecule has 0 aliphatic carbocycles. The molecule has 3 aromatic rings. The molecule has 1 fully saturated rings. The van der Waals surface area contributed by atoms with E-state index in [0.717, 1.165) is 22.1 Å². The van der Waals surface area contributed by atoms with E-state index in [-0.39, 0.29) is 65.8 Å². The van der Waals surface area contributed by atoms with Gasteiger partial charge in [-0.15, -0.1) is 0 Å². The van der Waals surface area contributed by atoms with Crippen LogP contribution >= 0.6 is 0 Å². The van der Waals surface area contributed by atoms with Crippen LogP contribution in [0.25, 0.3) is 0 Å². The number of anilines is 2. The number of carbonyl (C=O) groups excluding carboxylic acids is 5. The van der Waals surface area contributed by atoms with Crippen LogP contribution in [-0.4, -0.2) is 155 Å². The Morgan fingerprint density at radius 2 is 1.33 bits per heavy atom. The molecule has 8 atom stereocenters. The summed E-state index contributed by atoms with van der Waals surface area (Å²) in [5, 5.41) is 65.2. The molecular formula is C46H51N5O19. The zero-order valence-electron chi connectivity index (χ0n) is 38.5. The Kier molecular flexibility index (Phi) is 15.3. The van der Waals surface area contributed by atoms with Crippen LogP contribution in [0.15, 0.2) is 66.0 Å². The van der Waals surface area contributed by atoms with Crippen molar-refractivity contribution in [2.75, 3.05) is 50.9 Å². The Labute approximate surface area is 399 Å². The van der Waals surface area contributed by atoms with Crippen LogP contribution in [0, 0.1) is 10.1 Å². The van der Waals surface area contributed by atoms with Crippen LogP contribution in [-0.2, 0) is 25.7 Å². The highest BCUT2D eigenvalue weighted by molar-refractivity contribution is 6.06. The average Bonchev–Trinajstić information content (AvgIpc) is 3.91. The van der Waals surface area contributed by atoms with Gasteiger partial charge in [-0.25, -0.2) is 9.69 Å². The maximum atomic E-state index is 14.1. The number of ether oxygens (including phenoxy) is 7. The number of methoxy groups -OCH3 is 2. The van der Waals surface area contributed by atoms with Crippen molar-refractivity contribution >= 4 is 41.1 Å². The van der Waals surface area contributed by atoms with Gasteiger partial charge in [0.25, 0.3) is 11.8 Å². The van der Waals surface area contributed by atoms with E-state index in [9.17, 15) is 50.0 Å². The minimum Gasteiger partial charge on any atom is -0.493 e. The van der Waals surface area contributed by atoms with Crippen LogP contribution in [0.2, 0.25) is 0 Å². The summed E-state index contributed by atoms with van der Waals surface area (Å²) in [5.41, 5.74) is 2.01. The second kappa shape index (κ2) is 21.1. The topological polar surface area (TPSA) is 307 Å². The van der Waals surface area contributed by atoms with Crippen LogP contribution < -0.4 is 33.5 Å². The van der Waals surface area contributed by atoms with E-state index in [1.165, 1.54) is 43.4 Å². The molecule has 24 heteroatoms. The van der Waals surface area contributed by atoms with E-state index in [1.54, 1.807) is 48.3 Å². The van der Waals surface area contributed by atoms with Crippen molar-refractivity contribution in [1.29, 1.82) is 0 Å². The number of amides is 3. The fourth-order valence-corrected chi connectivity index (χ4v) is 8.76. The molecule has 5 heterocycles. The summed E-state index contributed by atoms with van der Waals surface area (Å²) in [5.74, 6) is -0.268. The van der Waals surface area contributed by atoms with Crippen molar-refractivity contribution in [3.8, 4) is 28.7 Å². The van der Waals surface area contributed by atoms with Crippen LogP contribution in [0.4, 0.5) is 21.9 Å². The number of rotatable bonds is 13. The van der Waals surface area contributed by atoms with E-state index in [0.29, 0.717) is 35.6 Å². The molecule has 374 valence electrons. The third-order valence-corrected chi connectivity index (χ3v) is 12.3. The lowest BCUT2D eigenvalue weighted by atomic mass is 10.1. The number of hydrogen-bond donors (Lipinski definition) is 5. The molecule has 0 spiro atoms. The van der Waals surface area contributed by atoms with Crippen molar-refractivity contribution in [3.05, 3.63) is 92.8 Å². The number of fused-ring (bicyclic) bond motifs is 4. The van der Waals surface area contributed by atoms with E-state index >= 15 is 0 Å². The summed E-state index contributed by atoms with van der Waals surface area (Å²) >= 11 is 0. The van der Waals surface area contributed by atoms with Gasteiger partial charge in [-0.1, -0.05) is 17.2 Å². The van der Waals surface area contributed by atoms with Gasteiger partial charge in [-0.3, -0.25) is 19.7 Å². The van der Waals surface area contributed by atoms with Gasteiger partial charge in [0.05, 0.1) is 73.5 Å². The molecule has 3 aromatic carbocycles. The lowest BCUT2D eigenvalue weighted by Gasteiger charge is -2.34. The maximum absolute atomic E-state index is 14.1. The second-order valence-electron chi connectivity index (χ2n) is 16.9. The summed E-state index contributed by atoms with van der Waals surface area (Å²) < 4.78 is 39.8. The Hall–Kier alpha value is -7.31. The fourth-order valence-electron chi connectivity index (χ4n) is 8.76. The third kappa shape index (κ3) is 9.91. The molecule has 24 nitrogen and oxygen atoms in total. The molecule has 0 bridgehead atoms. The van der Waals surface area contributed by atoms with Crippen molar-refractivity contribution in [2.45, 2.75) is 88.9 Å². The first-order chi connectivity index (χ1) is 33.4. The van der Waals surface area contributed by atoms with E-state index < -0.39 is 85.0 Å². The number of nitrogens with zero attached hydrogens (tertiary/aromatic N) is 5. The SMILES string of the molecule is COc1cc2c(cc1OCCCOc1cc3c(cc1OC)C(=O)N1C=C(C)C[C@H]1[C@H](O)N3C(=O)OCc1ccc(O[C@@H]3OC[C@@H](O)[C@H](O)[C@H]3O)c([N+](=O)[O-])c1)N(C)[C@@H](O)[C@@H]1CC(C)=CN1C2=O.O=C=O. The van der Waals surface area contributed by atoms with Gasteiger partial charge in [0, 0.05) is 44.1 Å². The molecule has 8 rings (SSSR count). The van der Waals surface area contributed by atoms with Crippen molar-refractivity contribution in [1.82, 2.24) is 9.80 Å². The van der Waals surface area contributed by atoms with Crippen LogP contribution in [0.5, 0.6) is 28.7 Å². The highest BCUT2D eigenvalue weighted by Gasteiger charge is 2.46. The summed E-state index contributed by atoms with van der Waals surface area (Å²) in [6, 6.07) is 8.25. The standard InChI is InChI=1S/C45H51N5O17.CO2/c1-22-11-30-42(56)46(3)27-16-36(34(61-4)14-25(27)40(54)47(30)18-22)63-9-6-10-64-37-17-28-26(15-35(37)62-5)41(55)48-19-23(2)12-31(48)43(57)49(28)45(58)66-20-24-7-8-33(29(13-24)50(59)60)67-44-39(53)38(52)32(51)21-65-44;2-1-3/h7-8,13-19,30-32,38-39,42-44,51-53,56-57H,6,9-12,20-21H2,1-5H3;/t30-,31-,32+,38-,39+,42-,43-,44-;/m0./s1. The second-order valence-corrected chi connectivity index (χ2v) is 16.9. The van der Waals surface area contributed by atoms with Gasteiger partial charge >= 0.3 is 17.9 Å². The summed E-state index contributed by atoms with van der Waals surface area (Å²) in [7, 11) is 4.53. The number of likely N-dealkylation sites (N-methyl/N-ethyl adjacent to an activating group) is 1. The van der Waals surface area contributed by atoms with E-state index in [1.807, 2.05) is 6.92 Å². The van der Waals surface area contributed by atoms with Crippen LogP contribution in [0.3, 0.4) is 0 Å². The minimum atomic E-state index is -1.72. The summed E-state index contributed by atoms with van der Waals surface area (Å²) in [6.07, 6.45) is -5.34. The zero-order chi connectivity index (χ0) is 50.7. The molecule has 5 aliphatic rings. The van der Waals surface area contributed by atoms with Gasteiger partial charge < -0.3 is 73.4 Å². The fraction of sp³-hybridized carbons (Fsp3) is 0.435. The molecule has 3 amide bonds. The molecule has 5 N–H and O–H groups in total. The molecule has 0 radical (unpaired) electrons. The largest absolute Gasteiger partial charge is 0.493 e. The smallest absolute Gasteiger partial charge is 0.416 e. The van der Waals surface area contributed by atoms with E-state index in [2.05, 4.69) is 0 Å². The van der Waals surface area contributed by atoms with Gasteiger partial charge in [-0.05, 0) is 50.5 Å². The van der Waals surface area contributed by atoms with Crippen molar-refractivity contribution < 1.29 is 87.6 Å². The normalized spacial score (nSPS) is 24.5. The number of hydrogen-bond acceptors (Lipinski definition) is 20. The number of nitro groups is 1. The Morgan fingerprint density at radius 3 is 1.89 bits per heavy atom. The predicted octanol–water partition coefficient (Wildman–Crippen LogP) is 2.17. The number of benzene rings is 3. The van der Waals surface area contributed by atoms with Gasteiger partial charge in [-0.2, -0.15) is 9.59 Å². The third-order valence-electron chi connectivity index (χ3n) is 12.3. The number of carbonyl (C=O) groups is 3. The Bertz CT molecular complexity index is 2620. The van der Waals surface area contributed by atoms with Crippen molar-refractivity contribution in [3.63, 3.8) is 0 Å². The first kappa shape index (κ1) is 50.6. The quantitative estimate of drug-likeness (QED) is 0.0931. The van der Waals surface area contributed by atoms with Gasteiger partial charge in [0.15, 0.2) is 35.0 Å². The summed E-state index contributed by atoms with van der Waals surface area (Å²) in [6.45, 7) is 2.89. The summed E-state index contributed by atoms with van der Waals surface area (Å²) in [4.78, 5) is 74.8. The Morgan fingerprint density at radius 1 is 0.786 bits per heavy atom. The Balaban J connectivity index is 0.00000235. The molecule has 70 heavy (non-hydrogen) atoms. The molecule has 0 saturated carbocycles. The maximum Gasteiger partial charge on any atom is 0.416 e. The van der Waals surface area contributed by atoms with Crippen LogP contribution in [0.1, 0.15) is 59.4 Å². The lowest BCUT2D eigenvalue weighted by Crippen LogP contribution is -2.54. The first-order valence-electron chi connectivity index (χ1n) is 21.8. The van der Waals surface area contributed by atoms with Gasteiger partial charge in [0.2, 0.25) is 6.29 Å². The highest BCUT2D eigenvalue weighted by atomic mass is 16.7. The average molecular weight is 978 g/mol. The molecular weight excluding hydrogens is 927 g/mol. The van der Waals surface area contributed by atoms with Gasteiger partial charge in [0.1, 0.15) is 31.1 Å². The van der Waals surface area contributed by atoms with E-state index in [4.69, 9.17) is 42.7 Å². The minimum absolute atomic E-state index is 0.0191. The highest BCUT2D eigenvalue weighted by Crippen LogP contribution is 2.44. The zero-order valence-corrected chi connectivity index (χ0v) is 38.5. The number of nitro benzene ring substituents is 1. The molecule has 0 unspecified atom stereocenters. The number of aliphatic hydroxyl groups is 5. The number of aliphatic hydroxyl groups excluding tert-OH is 5. The lowest BCUT2D eigenvalue weighted by molar-refractivity contribution is -0.386.